The van der Waals surface area contributed by atoms with Crippen LogP contribution in [0.5, 0.6) is 11.5 Å². The van der Waals surface area contributed by atoms with E-state index in [1.807, 2.05) is 19.9 Å². The quantitative estimate of drug-likeness (QED) is 0.819. The van der Waals surface area contributed by atoms with E-state index in [0.29, 0.717) is 12.2 Å². The van der Waals surface area contributed by atoms with Gasteiger partial charge in [0.2, 0.25) is 0 Å². The van der Waals surface area contributed by atoms with E-state index in [4.69, 9.17) is 8.37 Å². The number of para-hydroxylation sites is 1. The van der Waals surface area contributed by atoms with Crippen molar-refractivity contribution in [1.29, 1.82) is 0 Å². The first kappa shape index (κ1) is 15.4. The van der Waals surface area contributed by atoms with Gasteiger partial charge in [-0.3, -0.25) is 0 Å². The molecule has 21 heavy (non-hydrogen) atoms. The summed E-state index contributed by atoms with van der Waals surface area (Å²) in [5.41, 5.74) is 1.96. The molecule has 0 fully saturated rings. The fourth-order valence-electron chi connectivity index (χ4n) is 2.14. The van der Waals surface area contributed by atoms with Crippen molar-refractivity contribution in [2.45, 2.75) is 26.7 Å². The Morgan fingerprint density at radius 3 is 2.19 bits per heavy atom. The molecular formula is C16H18O4S. The van der Waals surface area contributed by atoms with Crippen molar-refractivity contribution in [3.8, 4) is 11.5 Å². The topological polar surface area (TPSA) is 52.6 Å². The van der Waals surface area contributed by atoms with E-state index in [1.54, 1.807) is 42.5 Å². The third kappa shape index (κ3) is 3.98. The number of hydrogen-bond acceptors (Lipinski definition) is 4. The summed E-state index contributed by atoms with van der Waals surface area (Å²) in [4.78, 5) is 0. The van der Waals surface area contributed by atoms with Crippen LogP contribution >= 0.6 is 0 Å². The second kappa shape index (κ2) is 6.63. The van der Waals surface area contributed by atoms with Gasteiger partial charge in [-0.15, -0.1) is 8.42 Å². The van der Waals surface area contributed by atoms with Crippen LogP contribution in [-0.4, -0.2) is 8.42 Å². The van der Waals surface area contributed by atoms with E-state index in [0.717, 1.165) is 17.5 Å². The summed E-state index contributed by atoms with van der Waals surface area (Å²) >= 11 is 0. The minimum atomic E-state index is -4.15. The van der Waals surface area contributed by atoms with Gasteiger partial charge in [0.1, 0.15) is 11.5 Å². The molecule has 0 bridgehead atoms. The molecule has 0 heterocycles. The summed E-state index contributed by atoms with van der Waals surface area (Å²) < 4.78 is 34.0. The highest BCUT2D eigenvalue weighted by Crippen LogP contribution is 2.25. The molecule has 112 valence electrons. The van der Waals surface area contributed by atoms with Gasteiger partial charge in [-0.1, -0.05) is 44.2 Å². The zero-order chi connectivity index (χ0) is 15.3. The van der Waals surface area contributed by atoms with Crippen molar-refractivity contribution in [2.75, 3.05) is 0 Å². The highest BCUT2D eigenvalue weighted by Gasteiger charge is 2.18. The predicted octanol–water partition coefficient (Wildman–Crippen LogP) is 3.51. The van der Waals surface area contributed by atoms with Crippen molar-refractivity contribution in [1.82, 2.24) is 0 Å². The highest BCUT2D eigenvalue weighted by atomic mass is 32.3. The van der Waals surface area contributed by atoms with Gasteiger partial charge in [0.15, 0.2) is 0 Å². The average molecular weight is 306 g/mol. The molecule has 0 aliphatic heterocycles. The van der Waals surface area contributed by atoms with Crippen LogP contribution in [0.3, 0.4) is 0 Å². The van der Waals surface area contributed by atoms with Crippen LogP contribution in [0.15, 0.2) is 48.5 Å². The van der Waals surface area contributed by atoms with Crippen molar-refractivity contribution in [3.05, 3.63) is 59.7 Å². The molecule has 2 aromatic carbocycles. The molecule has 4 nitrogen and oxygen atoms in total. The molecule has 0 N–H and O–H groups in total. The molecule has 5 heteroatoms. The Bertz CT molecular complexity index is 693. The summed E-state index contributed by atoms with van der Waals surface area (Å²) in [7, 11) is -4.15. The molecule has 0 aliphatic carbocycles. The predicted molar refractivity (Wildman–Crippen MR) is 81.8 cm³/mol. The fourth-order valence-corrected chi connectivity index (χ4v) is 2.90. The first-order chi connectivity index (χ1) is 10.1. The monoisotopic (exact) mass is 306 g/mol. The van der Waals surface area contributed by atoms with Crippen molar-refractivity contribution < 1.29 is 16.8 Å². The standard InChI is InChI=1S/C16H18O4S/c1-3-13-9-8-12-16(15(13)4-2)20-21(17,18)19-14-10-6-5-7-11-14/h5-12H,3-4H2,1-2H3. The third-order valence-corrected chi connectivity index (χ3v) is 3.88. The number of aryl methyl sites for hydroxylation is 1. The summed E-state index contributed by atoms with van der Waals surface area (Å²) in [5, 5.41) is 0. The summed E-state index contributed by atoms with van der Waals surface area (Å²) in [6.45, 7) is 3.99. The molecule has 0 aromatic heterocycles. The Morgan fingerprint density at radius 2 is 1.57 bits per heavy atom. The molecule has 0 amide bonds. The zero-order valence-electron chi connectivity index (χ0n) is 12.1. The average Bonchev–Trinajstić information content (AvgIpc) is 2.47. The van der Waals surface area contributed by atoms with Gasteiger partial charge in [0.05, 0.1) is 0 Å². The fraction of sp³-hybridized carbons (Fsp3) is 0.250. The van der Waals surface area contributed by atoms with E-state index in [2.05, 4.69) is 0 Å². The summed E-state index contributed by atoms with van der Waals surface area (Å²) in [6.07, 6.45) is 1.51. The number of benzene rings is 2. The minimum Gasteiger partial charge on any atom is -0.353 e. The lowest BCUT2D eigenvalue weighted by Crippen LogP contribution is -2.17. The first-order valence-corrected chi connectivity index (χ1v) is 8.18. The molecule has 0 aliphatic rings. The van der Waals surface area contributed by atoms with Crippen molar-refractivity contribution >= 4 is 10.4 Å². The lowest BCUT2D eigenvalue weighted by atomic mass is 10.0. The van der Waals surface area contributed by atoms with Crippen LogP contribution in [-0.2, 0) is 23.2 Å². The third-order valence-electron chi connectivity index (χ3n) is 3.10. The number of rotatable bonds is 6. The maximum atomic E-state index is 12.0. The Hall–Kier alpha value is -2.01. The first-order valence-electron chi connectivity index (χ1n) is 6.85. The van der Waals surface area contributed by atoms with Crippen molar-refractivity contribution in [3.63, 3.8) is 0 Å². The van der Waals surface area contributed by atoms with Gasteiger partial charge in [0.25, 0.3) is 0 Å². The smallest absolute Gasteiger partial charge is 0.353 e. The molecule has 0 spiro atoms. The van der Waals surface area contributed by atoms with Gasteiger partial charge in [-0.2, -0.15) is 0 Å². The summed E-state index contributed by atoms with van der Waals surface area (Å²) in [5.74, 6) is 0.551. The van der Waals surface area contributed by atoms with Crippen LogP contribution in [0.4, 0.5) is 0 Å². The van der Waals surface area contributed by atoms with E-state index in [1.165, 1.54) is 0 Å². The Labute approximate surface area is 125 Å². The SMILES string of the molecule is CCc1cccc(OS(=O)(=O)Oc2ccccc2)c1CC. The van der Waals surface area contributed by atoms with E-state index >= 15 is 0 Å². The van der Waals surface area contributed by atoms with Crippen LogP contribution < -0.4 is 8.37 Å². The lowest BCUT2D eigenvalue weighted by Gasteiger charge is -2.13. The normalized spacial score (nSPS) is 11.1. The van der Waals surface area contributed by atoms with Gasteiger partial charge >= 0.3 is 10.4 Å². The molecule has 0 unspecified atom stereocenters. The Kier molecular flexibility index (Phi) is 4.85. The zero-order valence-corrected chi connectivity index (χ0v) is 12.9. The van der Waals surface area contributed by atoms with Crippen LogP contribution in [0, 0.1) is 0 Å². The maximum Gasteiger partial charge on any atom is 0.500 e. The van der Waals surface area contributed by atoms with Gasteiger partial charge in [-0.25, -0.2) is 0 Å². The second-order valence-electron chi connectivity index (χ2n) is 4.49. The minimum absolute atomic E-state index is 0.224. The van der Waals surface area contributed by atoms with Crippen LogP contribution in [0.1, 0.15) is 25.0 Å². The molecule has 0 saturated heterocycles. The Balaban J connectivity index is 2.25. The molecule has 2 aromatic rings. The summed E-state index contributed by atoms with van der Waals surface area (Å²) in [6, 6.07) is 13.7. The van der Waals surface area contributed by atoms with Gasteiger partial charge in [-0.05, 0) is 42.2 Å². The molecule has 0 saturated carbocycles. The largest absolute Gasteiger partial charge is 0.500 e. The van der Waals surface area contributed by atoms with E-state index in [9.17, 15) is 8.42 Å². The van der Waals surface area contributed by atoms with Crippen LogP contribution in [0.25, 0.3) is 0 Å². The lowest BCUT2D eigenvalue weighted by molar-refractivity contribution is 0.391. The Morgan fingerprint density at radius 1 is 0.857 bits per heavy atom. The van der Waals surface area contributed by atoms with E-state index < -0.39 is 10.4 Å². The molecule has 0 atom stereocenters. The second-order valence-corrected chi connectivity index (χ2v) is 5.64. The maximum absolute atomic E-state index is 12.0. The molecule has 0 radical (unpaired) electrons. The molecular weight excluding hydrogens is 288 g/mol. The van der Waals surface area contributed by atoms with E-state index in [-0.39, 0.29) is 5.75 Å². The van der Waals surface area contributed by atoms with Crippen LogP contribution in [0.2, 0.25) is 0 Å². The van der Waals surface area contributed by atoms with Crippen molar-refractivity contribution in [2.24, 2.45) is 0 Å². The van der Waals surface area contributed by atoms with Gasteiger partial charge < -0.3 is 8.37 Å². The number of hydrogen-bond donors (Lipinski definition) is 0. The molecule has 2 rings (SSSR count). The highest BCUT2D eigenvalue weighted by molar-refractivity contribution is 7.82. The van der Waals surface area contributed by atoms with Gasteiger partial charge in [0, 0.05) is 0 Å².